The molecule has 0 rings (SSSR count). The summed E-state index contributed by atoms with van der Waals surface area (Å²) in [6.45, 7) is 4.24. The summed E-state index contributed by atoms with van der Waals surface area (Å²) in [5.41, 5.74) is 0. The lowest BCUT2D eigenvalue weighted by molar-refractivity contribution is -0.123. The van der Waals surface area contributed by atoms with E-state index in [-0.39, 0.29) is 12.5 Å². The topological polar surface area (TPSA) is 69.6 Å². The lowest BCUT2D eigenvalue weighted by Gasteiger charge is -2.20. The normalized spacial score (nSPS) is 13.0. The molecule has 2 atom stereocenters. The van der Waals surface area contributed by atoms with Crippen LogP contribution in [0, 0.1) is 0 Å². The molecule has 0 radical (unpaired) electrons. The molecule has 0 fully saturated rings. The van der Waals surface area contributed by atoms with Crippen molar-refractivity contribution < 1.29 is 15.0 Å². The largest absolute Gasteiger partial charge is 0.394 e. The molecular weight excluding hydrogens is 951 g/mol. The fraction of sp³-hybridized carbons (Fsp3) is 0.851. The summed E-state index contributed by atoms with van der Waals surface area (Å²) in [6.07, 6.45) is 98.9. The van der Waals surface area contributed by atoms with Crippen molar-refractivity contribution >= 4 is 5.91 Å². The van der Waals surface area contributed by atoms with Gasteiger partial charge in [0.15, 0.2) is 0 Å². The highest BCUT2D eigenvalue weighted by atomic mass is 16.3. The Labute approximate surface area is 489 Å². The van der Waals surface area contributed by atoms with E-state index in [1.54, 1.807) is 6.08 Å². The van der Waals surface area contributed by atoms with Gasteiger partial charge in [-0.2, -0.15) is 0 Å². The van der Waals surface area contributed by atoms with Gasteiger partial charge in [-0.3, -0.25) is 4.79 Å². The molecule has 0 aromatic heterocycles. The van der Waals surface area contributed by atoms with Crippen LogP contribution in [0.25, 0.3) is 0 Å². The van der Waals surface area contributed by atoms with E-state index in [4.69, 9.17) is 0 Å². The molecule has 0 spiro atoms. The molecule has 4 nitrogen and oxygen atoms in total. The van der Waals surface area contributed by atoms with Gasteiger partial charge in [-0.25, -0.2) is 0 Å². The van der Waals surface area contributed by atoms with Gasteiger partial charge in [0.2, 0.25) is 5.91 Å². The summed E-state index contributed by atoms with van der Waals surface area (Å²) in [5.74, 6) is -0.0567. The maximum Gasteiger partial charge on any atom is 0.220 e. The van der Waals surface area contributed by atoms with E-state index < -0.39 is 12.1 Å². The SMILES string of the molecule is CC/C=C\C/C=C\C/C=C\C/C=C\CCCCCCCCCCCCCCCCCCCCCCCCC(=O)NC(CO)C(O)/C=C/CCCCCCCCCCCCCCCCCCCCCCCCCCCCCCC. The average Bonchev–Trinajstić information content (AvgIpc) is 3.44. The molecular formula is C74H139NO3. The van der Waals surface area contributed by atoms with Crippen LogP contribution in [0.1, 0.15) is 386 Å². The van der Waals surface area contributed by atoms with Gasteiger partial charge in [-0.05, 0) is 57.8 Å². The minimum atomic E-state index is -0.841. The highest BCUT2D eigenvalue weighted by molar-refractivity contribution is 5.76. The van der Waals surface area contributed by atoms with Crippen molar-refractivity contribution in [2.45, 2.75) is 398 Å². The number of rotatable bonds is 66. The molecule has 3 N–H and O–H groups in total. The van der Waals surface area contributed by atoms with Gasteiger partial charge >= 0.3 is 0 Å². The standard InChI is InChI=1S/C74H139NO3/c1-3-5-7-9-11-13-15-17-19-21-23-25-27-29-31-33-35-36-37-38-40-42-44-46-48-50-52-54-56-58-60-62-64-66-68-70-74(78)75-72(71-76)73(77)69-67-65-63-61-59-57-55-53-51-49-47-45-43-41-39-34-32-30-28-26-24-22-20-18-16-14-12-10-8-6-4-2/h5,7,11,13,17,19,23,25,67,69,72-73,76-77H,3-4,6,8-10,12,14-16,18,20-22,24,26-66,68,70-71H2,1-2H3,(H,75,78)/b7-5-,13-11-,19-17-,25-23-,69-67+. The van der Waals surface area contributed by atoms with Crippen molar-refractivity contribution in [1.29, 1.82) is 0 Å². The highest BCUT2D eigenvalue weighted by Gasteiger charge is 2.18. The first-order valence-electron chi connectivity index (χ1n) is 35.5. The minimum Gasteiger partial charge on any atom is -0.394 e. The smallest absolute Gasteiger partial charge is 0.220 e. The number of allylic oxidation sites excluding steroid dienone is 9. The lowest BCUT2D eigenvalue weighted by Crippen LogP contribution is -2.45. The second kappa shape index (κ2) is 69.4. The number of hydrogen-bond donors (Lipinski definition) is 3. The molecule has 78 heavy (non-hydrogen) atoms. The Balaban J connectivity index is 3.42. The predicted molar refractivity (Wildman–Crippen MR) is 350 cm³/mol. The van der Waals surface area contributed by atoms with Gasteiger partial charge in [0, 0.05) is 6.42 Å². The Morgan fingerprint density at radius 3 is 0.846 bits per heavy atom. The van der Waals surface area contributed by atoms with Crippen LogP contribution in [0.2, 0.25) is 0 Å². The van der Waals surface area contributed by atoms with Crippen LogP contribution >= 0.6 is 0 Å². The fourth-order valence-corrected chi connectivity index (χ4v) is 11.2. The summed E-state index contributed by atoms with van der Waals surface area (Å²) in [7, 11) is 0. The number of carbonyl (C=O) groups is 1. The molecule has 0 aromatic rings. The average molecular weight is 1090 g/mol. The molecule has 0 saturated heterocycles. The van der Waals surface area contributed by atoms with Crippen molar-refractivity contribution in [1.82, 2.24) is 5.32 Å². The van der Waals surface area contributed by atoms with Crippen molar-refractivity contribution in [3.8, 4) is 0 Å². The van der Waals surface area contributed by atoms with Gasteiger partial charge in [0.25, 0.3) is 0 Å². The summed E-state index contributed by atoms with van der Waals surface area (Å²) in [6, 6.07) is -0.624. The summed E-state index contributed by atoms with van der Waals surface area (Å²) >= 11 is 0. The van der Waals surface area contributed by atoms with Crippen LogP contribution in [-0.4, -0.2) is 34.9 Å². The lowest BCUT2D eigenvalue weighted by atomic mass is 10.0. The van der Waals surface area contributed by atoms with E-state index in [9.17, 15) is 15.0 Å². The monoisotopic (exact) mass is 1090 g/mol. The Hall–Kier alpha value is -1.91. The van der Waals surface area contributed by atoms with Crippen molar-refractivity contribution in [2.75, 3.05) is 6.61 Å². The van der Waals surface area contributed by atoms with Gasteiger partial charge in [-0.15, -0.1) is 0 Å². The molecule has 0 aromatic carbocycles. The highest BCUT2D eigenvalue weighted by Crippen LogP contribution is 2.19. The molecule has 0 bridgehead atoms. The maximum absolute atomic E-state index is 12.5. The zero-order valence-electron chi connectivity index (χ0n) is 53.0. The number of hydrogen-bond acceptors (Lipinski definition) is 3. The first kappa shape index (κ1) is 76.1. The second-order valence-corrected chi connectivity index (χ2v) is 24.3. The van der Waals surface area contributed by atoms with Crippen molar-refractivity contribution in [3.63, 3.8) is 0 Å². The van der Waals surface area contributed by atoms with E-state index in [1.807, 2.05) is 6.08 Å². The Morgan fingerprint density at radius 2 is 0.564 bits per heavy atom. The Morgan fingerprint density at radius 1 is 0.321 bits per heavy atom. The second-order valence-electron chi connectivity index (χ2n) is 24.3. The molecule has 0 aliphatic rings. The zero-order valence-corrected chi connectivity index (χ0v) is 53.0. The number of aliphatic hydroxyl groups is 2. The van der Waals surface area contributed by atoms with E-state index in [0.717, 1.165) is 51.4 Å². The summed E-state index contributed by atoms with van der Waals surface area (Å²) in [5, 5.41) is 23.3. The molecule has 1 amide bonds. The Bertz CT molecular complexity index is 1280. The molecule has 0 heterocycles. The predicted octanol–water partition coefficient (Wildman–Crippen LogP) is 24.3. The molecule has 0 saturated carbocycles. The van der Waals surface area contributed by atoms with Crippen molar-refractivity contribution in [3.05, 3.63) is 60.8 Å². The summed E-state index contributed by atoms with van der Waals surface area (Å²) < 4.78 is 0. The van der Waals surface area contributed by atoms with Crippen LogP contribution in [0.4, 0.5) is 0 Å². The number of carbonyl (C=O) groups excluding carboxylic acids is 1. The van der Waals surface area contributed by atoms with Crippen LogP contribution in [0.3, 0.4) is 0 Å². The van der Waals surface area contributed by atoms with Crippen LogP contribution in [-0.2, 0) is 4.79 Å². The molecule has 4 heteroatoms. The number of amides is 1. The summed E-state index contributed by atoms with van der Waals surface area (Å²) in [4.78, 5) is 12.5. The van der Waals surface area contributed by atoms with Crippen LogP contribution in [0.5, 0.6) is 0 Å². The molecule has 0 aliphatic carbocycles. The third-order valence-corrected chi connectivity index (χ3v) is 16.5. The van der Waals surface area contributed by atoms with Gasteiger partial charge in [0.1, 0.15) is 0 Å². The fourth-order valence-electron chi connectivity index (χ4n) is 11.2. The first-order chi connectivity index (χ1) is 38.7. The number of unbranched alkanes of at least 4 members (excludes halogenated alkanes) is 51. The van der Waals surface area contributed by atoms with E-state index in [2.05, 4.69) is 67.8 Å². The first-order valence-corrected chi connectivity index (χ1v) is 35.5. The maximum atomic E-state index is 12.5. The van der Waals surface area contributed by atoms with Gasteiger partial charge in [-0.1, -0.05) is 383 Å². The van der Waals surface area contributed by atoms with E-state index >= 15 is 0 Å². The minimum absolute atomic E-state index is 0.0567. The van der Waals surface area contributed by atoms with Crippen molar-refractivity contribution in [2.24, 2.45) is 0 Å². The van der Waals surface area contributed by atoms with E-state index in [1.165, 1.54) is 315 Å². The zero-order chi connectivity index (χ0) is 56.2. The molecule has 2 unspecified atom stereocenters. The Kier molecular flexibility index (Phi) is 67.7. The third kappa shape index (κ3) is 64.9. The number of aliphatic hydroxyl groups excluding tert-OH is 2. The quantitative estimate of drug-likeness (QED) is 0.0420. The number of nitrogens with one attached hydrogen (secondary N) is 1. The van der Waals surface area contributed by atoms with Crippen LogP contribution < -0.4 is 5.32 Å². The molecule has 458 valence electrons. The third-order valence-electron chi connectivity index (χ3n) is 16.5. The van der Waals surface area contributed by atoms with E-state index in [0.29, 0.717) is 6.42 Å². The molecule has 0 aliphatic heterocycles. The van der Waals surface area contributed by atoms with Crippen LogP contribution in [0.15, 0.2) is 60.8 Å². The van der Waals surface area contributed by atoms with Gasteiger partial charge < -0.3 is 15.5 Å². The van der Waals surface area contributed by atoms with Gasteiger partial charge in [0.05, 0.1) is 18.8 Å².